The molecule has 1 aromatic rings. The molecule has 0 aromatic heterocycles. The lowest BCUT2D eigenvalue weighted by atomic mass is 10.0. The highest BCUT2D eigenvalue weighted by Gasteiger charge is 2.14. The summed E-state index contributed by atoms with van der Waals surface area (Å²) in [6, 6.07) is 2.84. The molecule has 0 unspecified atom stereocenters. The van der Waals surface area contributed by atoms with Gasteiger partial charge in [0.1, 0.15) is 5.75 Å². The van der Waals surface area contributed by atoms with Crippen LogP contribution in [0, 0.1) is 0 Å². The van der Waals surface area contributed by atoms with Gasteiger partial charge in [-0.25, -0.2) is 0 Å². The first-order valence-corrected chi connectivity index (χ1v) is 5.10. The van der Waals surface area contributed by atoms with Crippen molar-refractivity contribution in [2.24, 2.45) is 0 Å². The Bertz CT molecular complexity index is 438. The Morgan fingerprint density at radius 3 is 2.19 bits per heavy atom. The number of anilines is 1. The van der Waals surface area contributed by atoms with Gasteiger partial charge in [0.2, 0.25) is 0 Å². The molecule has 0 saturated heterocycles. The Balaban J connectivity index is 3.36. The lowest BCUT2D eigenvalue weighted by molar-refractivity contribution is 0.101. The van der Waals surface area contributed by atoms with Crippen LogP contribution in [-0.2, 0) is 0 Å². The molecule has 0 aliphatic carbocycles. The second-order valence-electron chi connectivity index (χ2n) is 3.56. The maximum absolute atomic E-state index is 11.4. The zero-order chi connectivity index (χ0) is 12.3. The topological polar surface area (TPSA) is 66.4 Å². The summed E-state index contributed by atoms with van der Waals surface area (Å²) in [4.78, 5) is 22.6. The smallest absolute Gasteiger partial charge is 0.163 e. The lowest BCUT2D eigenvalue weighted by Crippen LogP contribution is -2.06. The number of ketones is 2. The predicted octanol–water partition coefficient (Wildman–Crippen LogP) is 2.23. The molecule has 86 valence electrons. The maximum atomic E-state index is 11.4. The molecule has 0 bridgehead atoms. The summed E-state index contributed by atoms with van der Waals surface area (Å²) < 4.78 is 0. The quantitative estimate of drug-likeness (QED) is 0.765. The molecule has 4 nitrogen and oxygen atoms in total. The average molecular weight is 221 g/mol. The van der Waals surface area contributed by atoms with Crippen LogP contribution in [0.3, 0.4) is 0 Å². The van der Waals surface area contributed by atoms with Crippen LogP contribution >= 0.6 is 0 Å². The van der Waals surface area contributed by atoms with Gasteiger partial charge in [-0.15, -0.1) is 0 Å². The summed E-state index contributed by atoms with van der Waals surface area (Å²) in [5.41, 5.74) is 1.15. The molecule has 0 heterocycles. The number of nitrogens with one attached hydrogen (secondary N) is 1. The van der Waals surface area contributed by atoms with Gasteiger partial charge in [-0.05, 0) is 26.8 Å². The number of aromatic hydroxyl groups is 1. The molecule has 0 amide bonds. The highest BCUT2D eigenvalue weighted by Crippen LogP contribution is 2.27. The third-order valence-electron chi connectivity index (χ3n) is 2.26. The van der Waals surface area contributed by atoms with E-state index in [2.05, 4.69) is 5.32 Å². The normalized spacial score (nSPS) is 9.94. The lowest BCUT2D eigenvalue weighted by Gasteiger charge is -2.11. The molecular weight excluding hydrogens is 206 g/mol. The van der Waals surface area contributed by atoms with E-state index in [4.69, 9.17) is 0 Å². The number of phenolic OH excluding ortho intramolecular Hbond substituents is 1. The van der Waals surface area contributed by atoms with Crippen LogP contribution in [0.2, 0.25) is 0 Å². The second kappa shape index (κ2) is 4.79. The monoisotopic (exact) mass is 221 g/mol. The highest BCUT2D eigenvalue weighted by atomic mass is 16.3. The van der Waals surface area contributed by atoms with Gasteiger partial charge in [0.15, 0.2) is 11.6 Å². The Hall–Kier alpha value is -1.84. The van der Waals surface area contributed by atoms with Crippen LogP contribution < -0.4 is 5.32 Å². The van der Waals surface area contributed by atoms with E-state index >= 15 is 0 Å². The van der Waals surface area contributed by atoms with Crippen molar-refractivity contribution in [3.63, 3.8) is 0 Å². The van der Waals surface area contributed by atoms with E-state index in [1.807, 2.05) is 6.92 Å². The first kappa shape index (κ1) is 12.2. The molecule has 2 N–H and O–H groups in total. The minimum atomic E-state index is -0.261. The van der Waals surface area contributed by atoms with E-state index in [1.54, 1.807) is 0 Å². The van der Waals surface area contributed by atoms with Crippen LogP contribution in [-0.4, -0.2) is 23.2 Å². The summed E-state index contributed by atoms with van der Waals surface area (Å²) in [5.74, 6) is -0.505. The SMILES string of the molecule is CCNc1cc(O)c(C(C)=O)cc1C(C)=O. The van der Waals surface area contributed by atoms with E-state index in [0.29, 0.717) is 17.8 Å². The number of hydrogen-bond acceptors (Lipinski definition) is 4. The molecule has 1 aromatic carbocycles. The standard InChI is InChI=1S/C12H15NO3/c1-4-13-11-6-12(16)10(8(3)15)5-9(11)7(2)14/h5-6,13,16H,4H2,1-3H3. The number of Topliss-reactive ketones (excluding diaryl/α,β-unsaturated/α-hetero) is 2. The van der Waals surface area contributed by atoms with Crippen LogP contribution in [0.25, 0.3) is 0 Å². The molecule has 4 heteroatoms. The van der Waals surface area contributed by atoms with Crippen molar-refractivity contribution >= 4 is 17.3 Å². The number of hydrogen-bond donors (Lipinski definition) is 2. The summed E-state index contributed by atoms with van der Waals surface area (Å²) in [5, 5.41) is 12.6. The van der Waals surface area contributed by atoms with Gasteiger partial charge >= 0.3 is 0 Å². The van der Waals surface area contributed by atoms with Crippen molar-refractivity contribution in [1.82, 2.24) is 0 Å². The molecule has 16 heavy (non-hydrogen) atoms. The Kier molecular flexibility index (Phi) is 3.66. The van der Waals surface area contributed by atoms with Crippen molar-refractivity contribution in [2.45, 2.75) is 20.8 Å². The van der Waals surface area contributed by atoms with E-state index in [1.165, 1.54) is 26.0 Å². The second-order valence-corrected chi connectivity index (χ2v) is 3.56. The molecule has 0 atom stereocenters. The molecule has 0 spiro atoms. The number of rotatable bonds is 4. The minimum absolute atomic E-state index is 0.103. The summed E-state index contributed by atoms with van der Waals surface area (Å²) in [6.07, 6.45) is 0. The number of phenols is 1. The fraction of sp³-hybridized carbons (Fsp3) is 0.333. The summed E-state index contributed by atoms with van der Waals surface area (Å²) in [6.45, 7) is 5.31. The van der Waals surface area contributed by atoms with Gasteiger partial charge in [0, 0.05) is 23.9 Å². The highest BCUT2D eigenvalue weighted by molar-refractivity contribution is 6.05. The van der Waals surface area contributed by atoms with Gasteiger partial charge < -0.3 is 10.4 Å². The van der Waals surface area contributed by atoms with Gasteiger partial charge in [-0.2, -0.15) is 0 Å². The van der Waals surface area contributed by atoms with Crippen molar-refractivity contribution < 1.29 is 14.7 Å². The zero-order valence-corrected chi connectivity index (χ0v) is 9.63. The van der Waals surface area contributed by atoms with Gasteiger partial charge in [-0.3, -0.25) is 9.59 Å². The van der Waals surface area contributed by atoms with E-state index in [0.717, 1.165) is 0 Å². The molecule has 0 saturated carbocycles. The van der Waals surface area contributed by atoms with Crippen molar-refractivity contribution in [1.29, 1.82) is 0 Å². The van der Waals surface area contributed by atoms with Gasteiger partial charge in [0.05, 0.1) is 5.56 Å². The molecule has 0 aliphatic heterocycles. The predicted molar refractivity (Wildman–Crippen MR) is 62.3 cm³/mol. The fourth-order valence-corrected chi connectivity index (χ4v) is 1.50. The largest absolute Gasteiger partial charge is 0.507 e. The van der Waals surface area contributed by atoms with E-state index in [-0.39, 0.29) is 22.9 Å². The van der Waals surface area contributed by atoms with Crippen LogP contribution in [0.15, 0.2) is 12.1 Å². The number of benzene rings is 1. The zero-order valence-electron chi connectivity index (χ0n) is 9.63. The van der Waals surface area contributed by atoms with E-state index < -0.39 is 0 Å². The van der Waals surface area contributed by atoms with E-state index in [9.17, 15) is 14.7 Å². The Morgan fingerprint density at radius 2 is 1.75 bits per heavy atom. The Labute approximate surface area is 94.3 Å². The van der Waals surface area contributed by atoms with Gasteiger partial charge in [-0.1, -0.05) is 0 Å². The average Bonchev–Trinajstić information content (AvgIpc) is 2.17. The molecule has 0 radical (unpaired) electrons. The Morgan fingerprint density at radius 1 is 1.19 bits per heavy atom. The molecule has 1 rings (SSSR count). The van der Waals surface area contributed by atoms with Crippen molar-refractivity contribution in [3.8, 4) is 5.75 Å². The molecule has 0 aliphatic rings. The maximum Gasteiger partial charge on any atom is 0.163 e. The third kappa shape index (κ3) is 2.39. The summed E-state index contributed by atoms with van der Waals surface area (Å²) in [7, 11) is 0. The number of carbonyl (C=O) groups is 2. The number of carbonyl (C=O) groups excluding carboxylic acids is 2. The first-order chi connectivity index (χ1) is 7.47. The molecule has 0 fully saturated rings. The fourth-order valence-electron chi connectivity index (χ4n) is 1.50. The third-order valence-corrected chi connectivity index (χ3v) is 2.26. The minimum Gasteiger partial charge on any atom is -0.507 e. The van der Waals surface area contributed by atoms with Gasteiger partial charge in [0.25, 0.3) is 0 Å². The van der Waals surface area contributed by atoms with Crippen LogP contribution in [0.5, 0.6) is 5.75 Å². The van der Waals surface area contributed by atoms with Crippen molar-refractivity contribution in [2.75, 3.05) is 11.9 Å². The molecular formula is C12H15NO3. The first-order valence-electron chi connectivity index (χ1n) is 5.10. The summed E-state index contributed by atoms with van der Waals surface area (Å²) >= 11 is 0. The van der Waals surface area contributed by atoms with Crippen LogP contribution in [0.1, 0.15) is 41.5 Å². The van der Waals surface area contributed by atoms with Crippen molar-refractivity contribution in [3.05, 3.63) is 23.3 Å². The van der Waals surface area contributed by atoms with Crippen LogP contribution in [0.4, 0.5) is 5.69 Å².